The molecule has 2 fully saturated rings. The quantitative estimate of drug-likeness (QED) is 0.869. The molecule has 1 unspecified atom stereocenters. The maximum absolute atomic E-state index is 12.3. The van der Waals surface area contributed by atoms with Gasteiger partial charge in [-0.3, -0.25) is 4.79 Å². The fourth-order valence-corrected chi connectivity index (χ4v) is 3.43. The van der Waals surface area contributed by atoms with E-state index >= 15 is 0 Å². The molecule has 1 saturated carbocycles. The van der Waals surface area contributed by atoms with Gasteiger partial charge in [-0.25, -0.2) is 0 Å². The number of carbonyl (C=O) groups is 1. The van der Waals surface area contributed by atoms with E-state index < -0.39 is 0 Å². The van der Waals surface area contributed by atoms with Crippen LogP contribution in [0, 0.1) is 11.3 Å². The molecule has 0 bridgehead atoms. The molecule has 1 spiro atoms. The van der Waals surface area contributed by atoms with Gasteiger partial charge in [-0.05, 0) is 48.9 Å². The molecule has 0 aromatic heterocycles. The van der Waals surface area contributed by atoms with Gasteiger partial charge in [-0.2, -0.15) is 0 Å². The Kier molecular flexibility index (Phi) is 4.27. The molecule has 2 aliphatic rings. The Bertz CT molecular complexity index is 492. The first-order chi connectivity index (χ1) is 10.2. The normalized spacial score (nSPS) is 23.0. The largest absolute Gasteiger partial charge is 0.380 e. The third-order valence-corrected chi connectivity index (χ3v) is 4.91. The number of nitrogens with one attached hydrogen (secondary N) is 2. The van der Waals surface area contributed by atoms with Gasteiger partial charge in [0.2, 0.25) is 5.91 Å². The molecule has 21 heavy (non-hydrogen) atoms. The molecule has 1 amide bonds. The minimum Gasteiger partial charge on any atom is -0.380 e. The van der Waals surface area contributed by atoms with Gasteiger partial charge in [-0.15, -0.1) is 0 Å². The highest BCUT2D eigenvalue weighted by atomic mass is 16.5. The van der Waals surface area contributed by atoms with E-state index in [1.807, 2.05) is 0 Å². The second kappa shape index (κ2) is 6.16. The van der Waals surface area contributed by atoms with E-state index in [2.05, 4.69) is 34.9 Å². The molecule has 1 aromatic carbocycles. The van der Waals surface area contributed by atoms with Crippen molar-refractivity contribution in [3.8, 4) is 0 Å². The number of benzene rings is 1. The van der Waals surface area contributed by atoms with E-state index in [4.69, 9.17) is 4.74 Å². The minimum absolute atomic E-state index is 0.234. The zero-order valence-corrected chi connectivity index (χ0v) is 12.7. The second-order valence-electron chi connectivity index (χ2n) is 6.34. The highest BCUT2D eigenvalue weighted by Gasteiger charge is 2.57. The number of carbonyl (C=O) groups excluding carboxylic acids is 1. The zero-order chi connectivity index (χ0) is 14.7. The molecule has 1 atom stereocenters. The lowest BCUT2D eigenvalue weighted by Gasteiger charge is -2.23. The first kappa shape index (κ1) is 14.5. The SMILES string of the molecule is COCc1ccc(CNC(=O)C2CC23CCNCC3)cc1. The summed E-state index contributed by atoms with van der Waals surface area (Å²) in [6.45, 7) is 3.37. The minimum atomic E-state index is 0.234. The van der Waals surface area contributed by atoms with Crippen molar-refractivity contribution in [1.82, 2.24) is 10.6 Å². The summed E-state index contributed by atoms with van der Waals surface area (Å²) >= 11 is 0. The monoisotopic (exact) mass is 288 g/mol. The standard InChI is InChI=1S/C17H24N2O2/c1-21-12-14-4-2-13(3-5-14)11-19-16(20)15-10-17(15)6-8-18-9-7-17/h2-5,15,18H,6-12H2,1H3,(H,19,20). The maximum Gasteiger partial charge on any atom is 0.223 e. The number of hydrogen-bond donors (Lipinski definition) is 2. The number of methoxy groups -OCH3 is 1. The van der Waals surface area contributed by atoms with Gasteiger partial charge in [0.25, 0.3) is 0 Å². The number of piperidine rings is 1. The molecular weight excluding hydrogens is 264 g/mol. The number of rotatable bonds is 5. The predicted octanol–water partition coefficient (Wildman–Crippen LogP) is 1.84. The highest BCUT2D eigenvalue weighted by Crippen LogP contribution is 2.58. The summed E-state index contributed by atoms with van der Waals surface area (Å²) in [7, 11) is 1.69. The van der Waals surface area contributed by atoms with E-state index in [9.17, 15) is 4.79 Å². The molecule has 1 aromatic rings. The van der Waals surface area contributed by atoms with Crippen LogP contribution in [0.4, 0.5) is 0 Å². The van der Waals surface area contributed by atoms with Crippen molar-refractivity contribution < 1.29 is 9.53 Å². The van der Waals surface area contributed by atoms with Gasteiger partial charge in [-0.1, -0.05) is 24.3 Å². The Balaban J connectivity index is 1.48. The molecule has 1 aliphatic carbocycles. The predicted molar refractivity (Wildman–Crippen MR) is 81.6 cm³/mol. The van der Waals surface area contributed by atoms with Gasteiger partial charge in [0.15, 0.2) is 0 Å². The first-order valence-electron chi connectivity index (χ1n) is 7.79. The van der Waals surface area contributed by atoms with Crippen LogP contribution in [0.1, 0.15) is 30.4 Å². The number of ether oxygens (including phenoxy) is 1. The zero-order valence-electron chi connectivity index (χ0n) is 12.7. The van der Waals surface area contributed by atoms with Crippen molar-refractivity contribution in [2.24, 2.45) is 11.3 Å². The van der Waals surface area contributed by atoms with Gasteiger partial charge in [0.05, 0.1) is 6.61 Å². The molecule has 4 heteroatoms. The van der Waals surface area contributed by atoms with Crippen LogP contribution in [0.5, 0.6) is 0 Å². The second-order valence-corrected chi connectivity index (χ2v) is 6.34. The molecule has 114 valence electrons. The molecule has 3 rings (SSSR count). The van der Waals surface area contributed by atoms with Crippen LogP contribution >= 0.6 is 0 Å². The number of amides is 1. The molecule has 2 N–H and O–H groups in total. The average molecular weight is 288 g/mol. The highest BCUT2D eigenvalue weighted by molar-refractivity contribution is 5.82. The Hall–Kier alpha value is -1.39. The van der Waals surface area contributed by atoms with Crippen molar-refractivity contribution in [2.75, 3.05) is 20.2 Å². The first-order valence-corrected chi connectivity index (χ1v) is 7.79. The van der Waals surface area contributed by atoms with E-state index in [0.29, 0.717) is 18.6 Å². The summed E-state index contributed by atoms with van der Waals surface area (Å²) in [5, 5.41) is 6.46. The average Bonchev–Trinajstić information content (AvgIpc) is 3.20. The van der Waals surface area contributed by atoms with Gasteiger partial charge < -0.3 is 15.4 Å². The fraction of sp³-hybridized carbons (Fsp3) is 0.588. The summed E-state index contributed by atoms with van der Waals surface area (Å²) < 4.78 is 5.09. The van der Waals surface area contributed by atoms with Crippen molar-refractivity contribution in [3.05, 3.63) is 35.4 Å². The topological polar surface area (TPSA) is 50.4 Å². The molecule has 0 radical (unpaired) electrons. The lowest BCUT2D eigenvalue weighted by atomic mass is 9.92. The van der Waals surface area contributed by atoms with Gasteiger partial charge in [0.1, 0.15) is 0 Å². The van der Waals surface area contributed by atoms with Crippen molar-refractivity contribution >= 4 is 5.91 Å². The lowest BCUT2D eigenvalue weighted by Crippen LogP contribution is -2.33. The van der Waals surface area contributed by atoms with E-state index in [0.717, 1.165) is 43.5 Å². The fourth-order valence-electron chi connectivity index (χ4n) is 3.43. The molecule has 4 nitrogen and oxygen atoms in total. The summed E-state index contributed by atoms with van der Waals surface area (Å²) in [6.07, 6.45) is 3.38. The van der Waals surface area contributed by atoms with Crippen molar-refractivity contribution in [1.29, 1.82) is 0 Å². The van der Waals surface area contributed by atoms with Crippen LogP contribution in [0.2, 0.25) is 0 Å². The Labute approximate surface area is 126 Å². The third-order valence-electron chi connectivity index (χ3n) is 4.91. The molecular formula is C17H24N2O2. The van der Waals surface area contributed by atoms with Crippen molar-refractivity contribution in [2.45, 2.75) is 32.4 Å². The maximum atomic E-state index is 12.3. The summed E-state index contributed by atoms with van der Waals surface area (Å²) in [6, 6.07) is 8.22. The molecule has 1 heterocycles. The van der Waals surface area contributed by atoms with Crippen molar-refractivity contribution in [3.63, 3.8) is 0 Å². The lowest BCUT2D eigenvalue weighted by molar-refractivity contribution is -0.123. The van der Waals surface area contributed by atoms with Crippen LogP contribution in [0.15, 0.2) is 24.3 Å². The third kappa shape index (κ3) is 3.27. The summed E-state index contributed by atoms with van der Waals surface area (Å²) in [4.78, 5) is 12.3. The van der Waals surface area contributed by atoms with Crippen LogP contribution in [-0.4, -0.2) is 26.1 Å². The van der Waals surface area contributed by atoms with E-state index in [-0.39, 0.29) is 11.8 Å². The molecule has 1 aliphatic heterocycles. The molecule has 1 saturated heterocycles. The van der Waals surface area contributed by atoms with E-state index in [1.54, 1.807) is 7.11 Å². The van der Waals surface area contributed by atoms with E-state index in [1.165, 1.54) is 0 Å². The van der Waals surface area contributed by atoms with Crippen LogP contribution in [0.3, 0.4) is 0 Å². The van der Waals surface area contributed by atoms with Gasteiger partial charge >= 0.3 is 0 Å². The van der Waals surface area contributed by atoms with Crippen LogP contribution < -0.4 is 10.6 Å². The van der Waals surface area contributed by atoms with Crippen LogP contribution in [-0.2, 0) is 22.7 Å². The van der Waals surface area contributed by atoms with Crippen LogP contribution in [0.25, 0.3) is 0 Å². The Morgan fingerprint density at radius 2 is 1.95 bits per heavy atom. The summed E-state index contributed by atoms with van der Waals surface area (Å²) in [5.41, 5.74) is 2.61. The Morgan fingerprint density at radius 1 is 1.29 bits per heavy atom. The Morgan fingerprint density at radius 3 is 2.62 bits per heavy atom. The smallest absolute Gasteiger partial charge is 0.223 e. The van der Waals surface area contributed by atoms with Gasteiger partial charge in [0, 0.05) is 19.6 Å². The number of hydrogen-bond acceptors (Lipinski definition) is 3. The summed E-state index contributed by atoms with van der Waals surface area (Å²) in [5.74, 6) is 0.477.